The number of hydrogen-bond donors (Lipinski definition) is 2. The molecule has 8 heteroatoms. The lowest BCUT2D eigenvalue weighted by atomic mass is 9.99. The molecular formula is C25H32IN5O2. The van der Waals surface area contributed by atoms with Gasteiger partial charge in [0.2, 0.25) is 5.91 Å². The number of likely N-dealkylation sites (tertiary alicyclic amines) is 1. The standard InChI is InChI=1S/C25H31N5O2.HI/c1-2-26-25(30-14-12-22(17-30)20-6-4-3-5-7-20)28-16-19-8-10-21(11-9-19)24(32)29-15-13-27-23(31)18-29;/h3-11,22H,2,12-18H2,1H3,(H,26,28)(H,27,31);1H. The molecule has 2 fully saturated rings. The fourth-order valence-electron chi connectivity index (χ4n) is 4.29. The number of aliphatic imine (C=N–C) groups is 1. The number of amides is 2. The number of nitrogens with zero attached hydrogens (tertiary/aromatic N) is 3. The molecular weight excluding hydrogens is 529 g/mol. The first kappa shape index (κ1) is 25.0. The Hall–Kier alpha value is -2.62. The summed E-state index contributed by atoms with van der Waals surface area (Å²) in [5.74, 6) is 1.25. The van der Waals surface area contributed by atoms with Gasteiger partial charge in [0.05, 0.1) is 13.1 Å². The predicted molar refractivity (Wildman–Crippen MR) is 141 cm³/mol. The molecule has 0 aliphatic carbocycles. The fourth-order valence-corrected chi connectivity index (χ4v) is 4.29. The number of benzene rings is 2. The molecule has 2 saturated heterocycles. The summed E-state index contributed by atoms with van der Waals surface area (Å²) in [6, 6.07) is 18.2. The third-order valence-corrected chi connectivity index (χ3v) is 6.03. The van der Waals surface area contributed by atoms with Crippen LogP contribution in [0.4, 0.5) is 0 Å². The SMILES string of the molecule is CCNC(=NCc1ccc(C(=O)N2CCNC(=O)C2)cc1)N1CCC(c2ccccc2)C1.I. The Kier molecular flexibility index (Phi) is 9.11. The fraction of sp³-hybridized carbons (Fsp3) is 0.400. The van der Waals surface area contributed by atoms with Crippen LogP contribution >= 0.6 is 24.0 Å². The molecule has 0 radical (unpaired) electrons. The van der Waals surface area contributed by atoms with Crippen molar-refractivity contribution >= 4 is 41.8 Å². The van der Waals surface area contributed by atoms with Gasteiger partial charge < -0.3 is 20.4 Å². The van der Waals surface area contributed by atoms with E-state index in [1.807, 2.05) is 24.3 Å². The van der Waals surface area contributed by atoms with Crippen LogP contribution in [0, 0.1) is 0 Å². The highest BCUT2D eigenvalue weighted by molar-refractivity contribution is 14.0. The number of hydrogen-bond acceptors (Lipinski definition) is 3. The minimum atomic E-state index is -0.108. The molecule has 0 bridgehead atoms. The van der Waals surface area contributed by atoms with Crippen molar-refractivity contribution in [1.82, 2.24) is 20.4 Å². The average Bonchev–Trinajstić information content (AvgIpc) is 3.32. The van der Waals surface area contributed by atoms with Crippen LogP contribution in [0.25, 0.3) is 0 Å². The van der Waals surface area contributed by atoms with Crippen molar-refractivity contribution in [3.05, 3.63) is 71.3 Å². The second-order valence-corrected chi connectivity index (χ2v) is 8.29. The third kappa shape index (κ3) is 6.46. The molecule has 0 aromatic heterocycles. The molecule has 7 nitrogen and oxygen atoms in total. The van der Waals surface area contributed by atoms with Gasteiger partial charge in [-0.05, 0) is 36.6 Å². The van der Waals surface area contributed by atoms with Crippen LogP contribution in [0.5, 0.6) is 0 Å². The van der Waals surface area contributed by atoms with E-state index < -0.39 is 0 Å². The van der Waals surface area contributed by atoms with Gasteiger partial charge in [0.15, 0.2) is 5.96 Å². The Morgan fingerprint density at radius 1 is 1.09 bits per heavy atom. The molecule has 176 valence electrons. The molecule has 2 aromatic rings. The first-order valence-electron chi connectivity index (χ1n) is 11.4. The van der Waals surface area contributed by atoms with Crippen molar-refractivity contribution < 1.29 is 9.59 Å². The summed E-state index contributed by atoms with van der Waals surface area (Å²) in [6.07, 6.45) is 1.12. The Morgan fingerprint density at radius 2 is 1.85 bits per heavy atom. The van der Waals surface area contributed by atoms with Gasteiger partial charge in [-0.15, -0.1) is 24.0 Å². The lowest BCUT2D eigenvalue weighted by Crippen LogP contribution is -2.49. The summed E-state index contributed by atoms with van der Waals surface area (Å²) in [4.78, 5) is 33.0. The van der Waals surface area contributed by atoms with Crippen LogP contribution in [0.1, 0.15) is 40.7 Å². The van der Waals surface area contributed by atoms with Crippen molar-refractivity contribution in [1.29, 1.82) is 0 Å². The molecule has 2 N–H and O–H groups in total. The van der Waals surface area contributed by atoms with E-state index >= 15 is 0 Å². The van der Waals surface area contributed by atoms with Crippen molar-refractivity contribution in [2.45, 2.75) is 25.8 Å². The van der Waals surface area contributed by atoms with Crippen LogP contribution in [0.2, 0.25) is 0 Å². The summed E-state index contributed by atoms with van der Waals surface area (Å²) in [5, 5.41) is 6.16. The van der Waals surface area contributed by atoms with Gasteiger partial charge >= 0.3 is 0 Å². The van der Waals surface area contributed by atoms with E-state index in [2.05, 4.69) is 52.8 Å². The van der Waals surface area contributed by atoms with Gasteiger partial charge in [-0.2, -0.15) is 0 Å². The van der Waals surface area contributed by atoms with Gasteiger partial charge in [-0.1, -0.05) is 42.5 Å². The highest BCUT2D eigenvalue weighted by Crippen LogP contribution is 2.27. The monoisotopic (exact) mass is 561 g/mol. The van der Waals surface area contributed by atoms with E-state index in [0.717, 1.165) is 37.6 Å². The molecule has 1 atom stereocenters. The quantitative estimate of drug-likeness (QED) is 0.335. The zero-order chi connectivity index (χ0) is 22.3. The summed E-state index contributed by atoms with van der Waals surface area (Å²) >= 11 is 0. The number of carbonyl (C=O) groups excluding carboxylic acids is 2. The highest BCUT2D eigenvalue weighted by atomic mass is 127. The van der Waals surface area contributed by atoms with Crippen molar-refractivity contribution in [2.75, 3.05) is 39.3 Å². The number of guanidine groups is 1. The topological polar surface area (TPSA) is 77.0 Å². The molecule has 2 aliphatic heterocycles. The summed E-state index contributed by atoms with van der Waals surface area (Å²) in [6.45, 7) is 6.58. The Bertz CT molecular complexity index is 965. The van der Waals surface area contributed by atoms with E-state index in [1.165, 1.54) is 5.56 Å². The van der Waals surface area contributed by atoms with Gasteiger partial charge in [-0.25, -0.2) is 4.99 Å². The molecule has 2 aliphatic rings. The summed E-state index contributed by atoms with van der Waals surface area (Å²) < 4.78 is 0. The predicted octanol–water partition coefficient (Wildman–Crippen LogP) is 2.83. The zero-order valence-corrected chi connectivity index (χ0v) is 21.3. The van der Waals surface area contributed by atoms with Crippen LogP contribution in [0.15, 0.2) is 59.6 Å². The normalized spacial score (nSPS) is 18.5. The van der Waals surface area contributed by atoms with E-state index in [4.69, 9.17) is 4.99 Å². The minimum Gasteiger partial charge on any atom is -0.357 e. The second-order valence-electron chi connectivity index (χ2n) is 8.29. The Labute approximate surface area is 212 Å². The molecule has 2 aromatic carbocycles. The Balaban J connectivity index is 0.00000306. The van der Waals surface area contributed by atoms with Gasteiger partial charge in [0.25, 0.3) is 5.91 Å². The number of piperazine rings is 1. The van der Waals surface area contributed by atoms with Gasteiger partial charge in [0, 0.05) is 44.2 Å². The van der Waals surface area contributed by atoms with E-state index in [1.54, 1.807) is 4.90 Å². The first-order valence-corrected chi connectivity index (χ1v) is 11.4. The molecule has 2 amide bonds. The number of halogens is 1. The van der Waals surface area contributed by atoms with Gasteiger partial charge in [-0.3, -0.25) is 9.59 Å². The highest BCUT2D eigenvalue weighted by Gasteiger charge is 2.26. The lowest BCUT2D eigenvalue weighted by Gasteiger charge is -2.26. The van der Waals surface area contributed by atoms with Crippen LogP contribution in [-0.4, -0.2) is 66.8 Å². The molecule has 2 heterocycles. The number of nitrogens with one attached hydrogen (secondary N) is 2. The molecule has 4 rings (SSSR count). The second kappa shape index (κ2) is 12.0. The maximum Gasteiger partial charge on any atom is 0.254 e. The summed E-state index contributed by atoms with van der Waals surface area (Å²) in [7, 11) is 0. The van der Waals surface area contributed by atoms with E-state index in [-0.39, 0.29) is 42.3 Å². The molecule has 33 heavy (non-hydrogen) atoms. The molecule has 0 spiro atoms. The van der Waals surface area contributed by atoms with Crippen LogP contribution in [-0.2, 0) is 11.3 Å². The van der Waals surface area contributed by atoms with E-state index in [9.17, 15) is 9.59 Å². The van der Waals surface area contributed by atoms with Gasteiger partial charge in [0.1, 0.15) is 0 Å². The maximum absolute atomic E-state index is 12.6. The smallest absolute Gasteiger partial charge is 0.254 e. The van der Waals surface area contributed by atoms with Crippen molar-refractivity contribution in [3.63, 3.8) is 0 Å². The summed E-state index contributed by atoms with van der Waals surface area (Å²) in [5.41, 5.74) is 3.04. The zero-order valence-electron chi connectivity index (χ0n) is 19.0. The lowest BCUT2D eigenvalue weighted by molar-refractivity contribution is -0.123. The molecule has 0 saturated carbocycles. The molecule has 1 unspecified atom stereocenters. The van der Waals surface area contributed by atoms with Crippen LogP contribution in [0.3, 0.4) is 0 Å². The maximum atomic E-state index is 12.6. The number of rotatable bonds is 5. The third-order valence-electron chi connectivity index (χ3n) is 6.03. The Morgan fingerprint density at radius 3 is 2.55 bits per heavy atom. The van der Waals surface area contributed by atoms with E-state index in [0.29, 0.717) is 31.1 Å². The largest absolute Gasteiger partial charge is 0.357 e. The van der Waals surface area contributed by atoms with Crippen LogP contribution < -0.4 is 10.6 Å². The number of carbonyl (C=O) groups is 2. The first-order chi connectivity index (χ1) is 15.6. The van der Waals surface area contributed by atoms with Crippen molar-refractivity contribution in [3.8, 4) is 0 Å². The average molecular weight is 561 g/mol. The van der Waals surface area contributed by atoms with Crippen molar-refractivity contribution in [2.24, 2.45) is 4.99 Å². The minimum absolute atomic E-state index is 0.